The van der Waals surface area contributed by atoms with Crippen LogP contribution in [0.15, 0.2) is 41.4 Å². The fourth-order valence-corrected chi connectivity index (χ4v) is 1.86. The topological polar surface area (TPSA) is 111 Å². The van der Waals surface area contributed by atoms with E-state index in [2.05, 4.69) is 4.99 Å². The average molecular weight is 320 g/mol. The van der Waals surface area contributed by atoms with E-state index >= 15 is 0 Å². The second kappa shape index (κ2) is 9.24. The van der Waals surface area contributed by atoms with E-state index in [9.17, 15) is 4.39 Å². The highest BCUT2D eigenvalue weighted by molar-refractivity contribution is 5.84. The molecule has 2 aromatic carbocycles. The van der Waals surface area contributed by atoms with Crippen LogP contribution in [0, 0.1) is 0 Å². The zero-order valence-corrected chi connectivity index (χ0v) is 12.8. The van der Waals surface area contributed by atoms with Crippen LogP contribution >= 0.6 is 0 Å². The number of hydrogen-bond acceptors (Lipinski definition) is 3. The van der Waals surface area contributed by atoms with E-state index in [1.165, 1.54) is 6.92 Å². The standard InChI is InChI=1S/C15H18FN3O.CH2O2/c1-10(16)9-20-14-5-4-12-6-11(8-19-15(17)18)2-3-13(12)7-14;2-1-3/h2-7,10H,8-9H2,1H3,(H4,17,18,19);1H,(H,2,3)/i16-1;. The molecule has 0 aliphatic heterocycles. The molecule has 0 saturated carbocycles. The maximum absolute atomic E-state index is 12.7. The van der Waals surface area contributed by atoms with Gasteiger partial charge in [-0.2, -0.15) is 0 Å². The van der Waals surface area contributed by atoms with Crippen molar-refractivity contribution in [3.8, 4) is 5.75 Å². The van der Waals surface area contributed by atoms with Gasteiger partial charge in [-0.05, 0) is 41.5 Å². The van der Waals surface area contributed by atoms with E-state index in [-0.39, 0.29) is 19.0 Å². The summed E-state index contributed by atoms with van der Waals surface area (Å²) in [5.74, 6) is 0.744. The molecule has 0 aliphatic rings. The molecule has 0 heterocycles. The molecule has 0 saturated heterocycles. The van der Waals surface area contributed by atoms with Gasteiger partial charge in [-0.3, -0.25) is 4.79 Å². The fourth-order valence-electron chi connectivity index (χ4n) is 1.86. The van der Waals surface area contributed by atoms with Gasteiger partial charge in [0.1, 0.15) is 18.5 Å². The Morgan fingerprint density at radius 1 is 1.30 bits per heavy atom. The third-order valence-corrected chi connectivity index (χ3v) is 2.80. The van der Waals surface area contributed by atoms with Crippen molar-refractivity contribution >= 4 is 23.2 Å². The Labute approximate surface area is 133 Å². The van der Waals surface area contributed by atoms with Gasteiger partial charge in [0.2, 0.25) is 0 Å². The number of halogens is 1. The molecule has 0 radical (unpaired) electrons. The Hall–Kier alpha value is -2.83. The number of aliphatic imine (C=N–C) groups is 1. The number of nitrogens with two attached hydrogens (primary N) is 2. The summed E-state index contributed by atoms with van der Waals surface area (Å²) >= 11 is 0. The van der Waals surface area contributed by atoms with Crippen LogP contribution < -0.4 is 16.2 Å². The van der Waals surface area contributed by atoms with Crippen molar-refractivity contribution in [2.75, 3.05) is 6.61 Å². The molecule has 0 bridgehead atoms. The molecule has 1 unspecified atom stereocenters. The molecule has 0 fully saturated rings. The first-order valence-electron chi connectivity index (χ1n) is 6.89. The maximum atomic E-state index is 12.7. The smallest absolute Gasteiger partial charge is 0.290 e. The summed E-state index contributed by atoms with van der Waals surface area (Å²) in [6, 6.07) is 11.6. The highest BCUT2D eigenvalue weighted by Crippen LogP contribution is 2.22. The van der Waals surface area contributed by atoms with E-state index in [4.69, 9.17) is 26.1 Å². The van der Waals surface area contributed by atoms with E-state index in [0.29, 0.717) is 12.3 Å². The Morgan fingerprint density at radius 3 is 2.52 bits per heavy atom. The van der Waals surface area contributed by atoms with Crippen molar-refractivity contribution in [2.24, 2.45) is 16.5 Å². The SMILES string of the molecule is CC([18F])COc1ccc2cc(CN=C(N)N)ccc2c1.O=CO. The van der Waals surface area contributed by atoms with Gasteiger partial charge in [0.05, 0.1) is 6.54 Å². The molecule has 1 atom stereocenters. The number of rotatable bonds is 5. The molecular weight excluding hydrogens is 300 g/mol. The predicted octanol–water partition coefficient (Wildman–Crippen LogP) is 2.05. The average Bonchev–Trinajstić information content (AvgIpc) is 2.51. The molecule has 6 nitrogen and oxygen atoms in total. The highest BCUT2D eigenvalue weighted by atomic mass is 18.2. The van der Waals surface area contributed by atoms with Crippen LogP contribution in [0.1, 0.15) is 12.5 Å². The Bertz CT molecular complexity index is 671. The molecule has 0 spiro atoms. The Kier molecular flexibility index (Phi) is 7.32. The van der Waals surface area contributed by atoms with Gasteiger partial charge in [0.15, 0.2) is 5.96 Å². The van der Waals surface area contributed by atoms with Gasteiger partial charge >= 0.3 is 0 Å². The van der Waals surface area contributed by atoms with Crippen molar-refractivity contribution in [3.05, 3.63) is 42.0 Å². The van der Waals surface area contributed by atoms with Crippen LogP contribution in [-0.2, 0) is 11.3 Å². The lowest BCUT2D eigenvalue weighted by Gasteiger charge is -2.08. The summed E-state index contributed by atoms with van der Waals surface area (Å²) in [5.41, 5.74) is 11.6. The summed E-state index contributed by atoms with van der Waals surface area (Å²) in [7, 11) is 0. The number of hydrogen-bond donors (Lipinski definition) is 3. The molecule has 124 valence electrons. The number of carboxylic acid groups (broad SMARTS) is 1. The molecule has 23 heavy (non-hydrogen) atoms. The lowest BCUT2D eigenvalue weighted by atomic mass is 10.1. The highest BCUT2D eigenvalue weighted by Gasteiger charge is 2.02. The molecule has 5 N–H and O–H groups in total. The number of ether oxygens (including phenoxy) is 1. The van der Waals surface area contributed by atoms with Crippen LogP contribution in [0.25, 0.3) is 10.8 Å². The first-order chi connectivity index (χ1) is 11.0. The summed E-state index contributed by atoms with van der Waals surface area (Å²) in [5, 5.41) is 8.98. The van der Waals surface area contributed by atoms with Gasteiger partial charge < -0.3 is 21.3 Å². The Morgan fingerprint density at radius 2 is 1.91 bits per heavy atom. The van der Waals surface area contributed by atoms with Gasteiger partial charge in [0, 0.05) is 0 Å². The van der Waals surface area contributed by atoms with Crippen LogP contribution in [0.2, 0.25) is 0 Å². The largest absolute Gasteiger partial charge is 0.491 e. The lowest BCUT2D eigenvalue weighted by Crippen LogP contribution is -2.22. The van der Waals surface area contributed by atoms with Crippen molar-refractivity contribution in [2.45, 2.75) is 19.6 Å². The summed E-state index contributed by atoms with van der Waals surface area (Å²) in [4.78, 5) is 12.3. The Balaban J connectivity index is 0.000000816. The maximum Gasteiger partial charge on any atom is 0.290 e. The van der Waals surface area contributed by atoms with Crippen LogP contribution in [0.4, 0.5) is 4.39 Å². The van der Waals surface area contributed by atoms with Gasteiger partial charge in [-0.15, -0.1) is 0 Å². The second-order valence-electron chi connectivity index (χ2n) is 4.78. The first kappa shape index (κ1) is 18.2. The van der Waals surface area contributed by atoms with Crippen LogP contribution in [-0.4, -0.2) is 30.3 Å². The van der Waals surface area contributed by atoms with Gasteiger partial charge in [-0.1, -0.05) is 18.2 Å². The van der Waals surface area contributed by atoms with Crippen molar-refractivity contribution in [1.29, 1.82) is 0 Å². The number of nitrogens with zero attached hydrogens (tertiary/aromatic N) is 1. The lowest BCUT2D eigenvalue weighted by molar-refractivity contribution is -0.122. The zero-order valence-electron chi connectivity index (χ0n) is 12.8. The minimum Gasteiger partial charge on any atom is -0.491 e. The van der Waals surface area contributed by atoms with Gasteiger partial charge in [0.25, 0.3) is 6.47 Å². The van der Waals surface area contributed by atoms with Crippen molar-refractivity contribution in [1.82, 2.24) is 0 Å². The quantitative estimate of drug-likeness (QED) is 0.443. The molecule has 7 heteroatoms. The van der Waals surface area contributed by atoms with E-state index in [1.54, 1.807) is 0 Å². The molecule has 2 aromatic rings. The summed E-state index contributed by atoms with van der Waals surface area (Å²) in [6.07, 6.45) is -0.979. The van der Waals surface area contributed by atoms with Crippen molar-refractivity contribution in [3.63, 3.8) is 0 Å². The van der Waals surface area contributed by atoms with Crippen molar-refractivity contribution < 1.29 is 19.0 Å². The molecule has 0 aromatic heterocycles. The summed E-state index contributed by atoms with van der Waals surface area (Å²) in [6.45, 7) is 1.74. The number of guanidine groups is 1. The molecular formula is C16H20FN3O3. The van der Waals surface area contributed by atoms with E-state index < -0.39 is 6.17 Å². The fraction of sp³-hybridized carbons (Fsp3) is 0.250. The van der Waals surface area contributed by atoms with Crippen LogP contribution in [0.3, 0.4) is 0 Å². The normalized spacial score (nSPS) is 11.0. The first-order valence-corrected chi connectivity index (χ1v) is 6.89. The number of benzene rings is 2. The minimum absolute atomic E-state index is 0.0636. The van der Waals surface area contributed by atoms with Crippen LogP contribution in [0.5, 0.6) is 5.75 Å². The molecule has 2 rings (SSSR count). The third-order valence-electron chi connectivity index (χ3n) is 2.80. The molecule has 0 amide bonds. The number of carbonyl (C=O) groups is 1. The number of fused-ring (bicyclic) bond motifs is 1. The van der Waals surface area contributed by atoms with E-state index in [0.717, 1.165) is 16.3 Å². The zero-order chi connectivity index (χ0) is 17.2. The number of alkyl halides is 1. The predicted molar refractivity (Wildman–Crippen MR) is 88.2 cm³/mol. The second-order valence-corrected chi connectivity index (χ2v) is 4.78. The molecule has 0 aliphatic carbocycles. The monoisotopic (exact) mass is 320 g/mol. The summed E-state index contributed by atoms with van der Waals surface area (Å²) < 4.78 is 18.1. The minimum atomic E-state index is -0.979. The van der Waals surface area contributed by atoms with E-state index in [1.807, 2.05) is 36.4 Å². The van der Waals surface area contributed by atoms with Gasteiger partial charge in [-0.25, -0.2) is 9.38 Å². The third kappa shape index (κ3) is 6.64.